The topological polar surface area (TPSA) is 57.4 Å². The van der Waals surface area contributed by atoms with Crippen LogP contribution in [0.1, 0.15) is 0 Å². The van der Waals surface area contributed by atoms with Crippen LogP contribution in [0.4, 0.5) is 0 Å². The summed E-state index contributed by atoms with van der Waals surface area (Å²) < 4.78 is 0. The van der Waals surface area contributed by atoms with E-state index in [0.717, 1.165) is 11.1 Å². The van der Waals surface area contributed by atoms with Crippen LogP contribution in [0, 0.1) is 0 Å². The highest BCUT2D eigenvalue weighted by Gasteiger charge is 2.20. The minimum atomic E-state index is -0.705. The fraction of sp³-hybridized carbons (Fsp3) is 0. The van der Waals surface area contributed by atoms with E-state index < -0.39 is 7.92 Å². The third-order valence-corrected chi connectivity index (χ3v) is 4.56. The van der Waals surface area contributed by atoms with Crippen molar-refractivity contribution in [2.45, 2.75) is 0 Å². The molecule has 0 aliphatic heterocycles. The van der Waals surface area contributed by atoms with Crippen LogP contribution in [0.5, 0.6) is 0 Å². The van der Waals surface area contributed by atoms with Crippen LogP contribution >= 0.6 is 7.92 Å². The van der Waals surface area contributed by atoms with Gasteiger partial charge in [0.2, 0.25) is 0 Å². The molecule has 4 nitrogen and oxygen atoms in total. The zero-order valence-electron chi connectivity index (χ0n) is 9.04. The lowest BCUT2D eigenvalue weighted by Crippen LogP contribution is -2.25. The molecular weight excluding hydrogens is 231 g/mol. The van der Waals surface area contributed by atoms with E-state index in [4.69, 9.17) is 0 Å². The van der Waals surface area contributed by atoms with E-state index in [1.165, 1.54) is 5.30 Å². The van der Waals surface area contributed by atoms with E-state index in [-0.39, 0.29) is 0 Å². The van der Waals surface area contributed by atoms with Crippen LogP contribution in [-0.4, -0.2) is 19.9 Å². The average Bonchev–Trinajstić information content (AvgIpc) is 3.04. The molecule has 0 unspecified atom stereocenters. The Labute approximate surface area is 99.9 Å². The molecule has 2 aromatic heterocycles. The summed E-state index contributed by atoms with van der Waals surface area (Å²) in [6, 6.07) is 10.3. The molecule has 0 saturated carbocycles. The Morgan fingerprint density at radius 2 is 1.41 bits per heavy atom. The number of benzene rings is 1. The Bertz CT molecular complexity index is 526. The van der Waals surface area contributed by atoms with Crippen molar-refractivity contribution in [3.05, 3.63) is 55.1 Å². The van der Waals surface area contributed by atoms with Crippen LogP contribution in [-0.2, 0) is 0 Å². The minimum absolute atomic E-state index is 0.705. The molecule has 0 spiro atoms. The standard InChI is InChI=1S/C12H11N4P/c1-2-4-10(5-3-1)17(11-13-6-7-14-11)12-15-8-9-16-12/h1-9H,(H,13,14)(H,15,16). The summed E-state index contributed by atoms with van der Waals surface area (Å²) in [5, 5.41) is 1.23. The summed E-state index contributed by atoms with van der Waals surface area (Å²) in [6.07, 6.45) is 7.24. The van der Waals surface area contributed by atoms with Crippen LogP contribution in [0.3, 0.4) is 0 Å². The average molecular weight is 242 g/mol. The van der Waals surface area contributed by atoms with Crippen molar-refractivity contribution in [1.82, 2.24) is 19.9 Å². The normalized spacial score (nSPS) is 10.9. The Morgan fingerprint density at radius 1 is 0.824 bits per heavy atom. The number of aromatic amines is 2. The Morgan fingerprint density at radius 3 is 1.88 bits per heavy atom. The number of hydrogen-bond acceptors (Lipinski definition) is 2. The second-order valence-corrected chi connectivity index (χ2v) is 5.53. The monoisotopic (exact) mass is 242 g/mol. The lowest BCUT2D eigenvalue weighted by Gasteiger charge is -2.12. The first-order valence-corrected chi connectivity index (χ1v) is 6.63. The molecule has 84 valence electrons. The SMILES string of the molecule is c1ccc(P(c2ncc[nH]2)c2ncc[nH]2)cc1. The molecule has 17 heavy (non-hydrogen) atoms. The molecule has 0 bridgehead atoms. The van der Waals surface area contributed by atoms with Crippen LogP contribution in [0.15, 0.2) is 55.1 Å². The van der Waals surface area contributed by atoms with E-state index in [2.05, 4.69) is 32.1 Å². The smallest absolute Gasteiger partial charge is 0.141 e. The van der Waals surface area contributed by atoms with E-state index in [1.807, 2.05) is 30.6 Å². The van der Waals surface area contributed by atoms with Crippen molar-refractivity contribution in [3.8, 4) is 0 Å². The zero-order valence-corrected chi connectivity index (χ0v) is 9.93. The van der Waals surface area contributed by atoms with Crippen molar-refractivity contribution in [3.63, 3.8) is 0 Å². The highest BCUT2D eigenvalue weighted by Crippen LogP contribution is 2.28. The number of aromatic nitrogens is 4. The van der Waals surface area contributed by atoms with Crippen LogP contribution < -0.4 is 16.4 Å². The summed E-state index contributed by atoms with van der Waals surface area (Å²) in [4.78, 5) is 15.1. The summed E-state index contributed by atoms with van der Waals surface area (Å²) in [6.45, 7) is 0. The molecule has 0 radical (unpaired) electrons. The first-order chi connectivity index (χ1) is 8.45. The molecule has 0 aliphatic rings. The Hall–Kier alpha value is -1.93. The summed E-state index contributed by atoms with van der Waals surface area (Å²) in [7, 11) is -0.705. The first-order valence-electron chi connectivity index (χ1n) is 5.29. The summed E-state index contributed by atoms with van der Waals surface area (Å²) in [5.41, 5.74) is 1.92. The maximum atomic E-state index is 4.36. The molecule has 0 amide bonds. The second-order valence-electron chi connectivity index (χ2n) is 3.50. The van der Waals surface area contributed by atoms with Crippen molar-refractivity contribution < 1.29 is 0 Å². The van der Waals surface area contributed by atoms with Crippen molar-refractivity contribution in [1.29, 1.82) is 0 Å². The van der Waals surface area contributed by atoms with Crippen molar-refractivity contribution in [2.75, 3.05) is 0 Å². The Balaban J connectivity index is 2.10. The lowest BCUT2D eigenvalue weighted by atomic mass is 10.4. The minimum Gasteiger partial charge on any atom is -0.344 e. The third-order valence-electron chi connectivity index (χ3n) is 2.41. The number of imidazole rings is 2. The quantitative estimate of drug-likeness (QED) is 0.670. The van der Waals surface area contributed by atoms with Gasteiger partial charge in [0.05, 0.1) is 7.92 Å². The van der Waals surface area contributed by atoms with Crippen LogP contribution in [0.25, 0.3) is 0 Å². The molecular formula is C12H11N4P. The molecule has 0 fully saturated rings. The first kappa shape index (κ1) is 10.2. The second kappa shape index (κ2) is 4.52. The van der Waals surface area contributed by atoms with Gasteiger partial charge in [-0.1, -0.05) is 30.3 Å². The predicted molar refractivity (Wildman–Crippen MR) is 69.4 cm³/mol. The maximum absolute atomic E-state index is 4.36. The lowest BCUT2D eigenvalue weighted by molar-refractivity contribution is 1.38. The van der Waals surface area contributed by atoms with E-state index >= 15 is 0 Å². The molecule has 3 rings (SSSR count). The number of nitrogens with one attached hydrogen (secondary N) is 2. The van der Waals surface area contributed by atoms with Gasteiger partial charge in [-0.2, -0.15) is 0 Å². The molecule has 0 aliphatic carbocycles. The van der Waals surface area contributed by atoms with Gasteiger partial charge in [-0.15, -0.1) is 0 Å². The molecule has 5 heteroatoms. The van der Waals surface area contributed by atoms with E-state index in [9.17, 15) is 0 Å². The molecule has 3 aromatic rings. The van der Waals surface area contributed by atoms with Gasteiger partial charge in [-0.3, -0.25) is 0 Å². The van der Waals surface area contributed by atoms with Gasteiger partial charge in [0.15, 0.2) is 0 Å². The number of hydrogen-bond donors (Lipinski definition) is 2. The van der Waals surface area contributed by atoms with Gasteiger partial charge >= 0.3 is 0 Å². The molecule has 1 aromatic carbocycles. The maximum Gasteiger partial charge on any atom is 0.141 e. The van der Waals surface area contributed by atoms with E-state index in [0.29, 0.717) is 0 Å². The van der Waals surface area contributed by atoms with Gasteiger partial charge in [-0.05, 0) is 5.30 Å². The highest BCUT2D eigenvalue weighted by atomic mass is 31.1. The van der Waals surface area contributed by atoms with Gasteiger partial charge in [-0.25, -0.2) is 9.97 Å². The molecule has 0 atom stereocenters. The Kier molecular flexibility index (Phi) is 2.72. The third kappa shape index (κ3) is 1.99. The number of nitrogens with zero attached hydrogens (tertiary/aromatic N) is 2. The largest absolute Gasteiger partial charge is 0.344 e. The fourth-order valence-electron chi connectivity index (χ4n) is 1.68. The molecule has 2 N–H and O–H groups in total. The zero-order chi connectivity index (χ0) is 11.5. The summed E-state index contributed by atoms with van der Waals surface area (Å²) >= 11 is 0. The van der Waals surface area contributed by atoms with Crippen molar-refractivity contribution in [2.24, 2.45) is 0 Å². The molecule has 2 heterocycles. The van der Waals surface area contributed by atoms with Crippen molar-refractivity contribution >= 4 is 24.4 Å². The molecule has 0 saturated heterocycles. The van der Waals surface area contributed by atoms with E-state index in [1.54, 1.807) is 12.4 Å². The highest BCUT2D eigenvalue weighted by molar-refractivity contribution is 7.79. The fourth-order valence-corrected chi connectivity index (χ4v) is 3.61. The van der Waals surface area contributed by atoms with Gasteiger partial charge in [0.25, 0.3) is 0 Å². The summed E-state index contributed by atoms with van der Waals surface area (Å²) in [5.74, 6) is 0. The number of H-pyrrole nitrogens is 2. The van der Waals surface area contributed by atoms with Gasteiger partial charge in [0, 0.05) is 24.8 Å². The predicted octanol–water partition coefficient (Wildman–Crippen LogP) is 0.891. The van der Waals surface area contributed by atoms with Crippen LogP contribution in [0.2, 0.25) is 0 Å². The number of rotatable bonds is 3. The van der Waals surface area contributed by atoms with Gasteiger partial charge < -0.3 is 9.97 Å². The van der Waals surface area contributed by atoms with Gasteiger partial charge in [0.1, 0.15) is 11.1 Å².